The zero-order valence-electron chi connectivity index (χ0n) is 11.1. The average molecular weight is 366 g/mol. The summed E-state index contributed by atoms with van der Waals surface area (Å²) in [6.45, 7) is 1.98. The molecule has 0 radical (unpaired) electrons. The number of hydrogen-bond donors (Lipinski definition) is 2. The molecule has 0 saturated heterocycles. The van der Waals surface area contributed by atoms with Gasteiger partial charge in [-0.3, -0.25) is 4.79 Å². The number of aryl methyl sites for hydroxylation is 1. The van der Waals surface area contributed by atoms with Crippen LogP contribution in [0.15, 0.2) is 40.2 Å². The normalized spacial score (nSPS) is 10.8. The van der Waals surface area contributed by atoms with Gasteiger partial charge in [0, 0.05) is 15.4 Å². The van der Waals surface area contributed by atoms with Crippen LogP contribution in [-0.4, -0.2) is 17.0 Å². The second-order valence-corrected chi connectivity index (χ2v) is 6.09. The van der Waals surface area contributed by atoms with E-state index in [1.165, 1.54) is 18.2 Å². The maximum absolute atomic E-state index is 11.9. The highest BCUT2D eigenvalue weighted by atomic mass is 79.9. The highest BCUT2D eigenvalue weighted by Crippen LogP contribution is 2.24. The van der Waals surface area contributed by atoms with E-state index in [-0.39, 0.29) is 11.5 Å². The number of anilines is 1. The van der Waals surface area contributed by atoms with Gasteiger partial charge in [0.05, 0.1) is 11.3 Å². The lowest BCUT2D eigenvalue weighted by atomic mass is 10.2. The van der Waals surface area contributed by atoms with E-state index in [0.29, 0.717) is 10.2 Å². The van der Waals surface area contributed by atoms with Gasteiger partial charge in [-0.2, -0.15) is 0 Å². The molecule has 0 unspecified atom stereocenters. The number of halogens is 1. The van der Waals surface area contributed by atoms with Gasteiger partial charge in [0.2, 0.25) is 5.91 Å². The summed E-state index contributed by atoms with van der Waals surface area (Å²) in [4.78, 5) is 23.7. The summed E-state index contributed by atoms with van der Waals surface area (Å²) in [5.41, 5.74) is 1.80. The molecule has 2 aromatic rings. The number of aromatic carboxylic acids is 1. The highest BCUT2D eigenvalue weighted by molar-refractivity contribution is 9.10. The lowest BCUT2D eigenvalue weighted by Crippen LogP contribution is -2.08. The molecule has 0 aliphatic heterocycles. The van der Waals surface area contributed by atoms with Crippen molar-refractivity contribution in [2.45, 2.75) is 6.92 Å². The molecule has 1 aromatic carbocycles. The number of carboxylic acid groups (broad SMARTS) is 1. The van der Waals surface area contributed by atoms with Crippen LogP contribution in [0.2, 0.25) is 0 Å². The number of carbonyl (C=O) groups is 2. The van der Waals surface area contributed by atoms with Crippen LogP contribution >= 0.6 is 27.3 Å². The zero-order chi connectivity index (χ0) is 15.4. The fraction of sp³-hybridized carbons (Fsp3) is 0.0667. The van der Waals surface area contributed by atoms with E-state index in [4.69, 9.17) is 5.11 Å². The Morgan fingerprint density at radius 2 is 2.10 bits per heavy atom. The standard InChI is InChI=1S/C15H12BrNO3S/c1-9-6-7-21-13(9)4-5-14(18)17-12-3-2-10(15(19)20)8-11(12)16/h2-8H,1H3,(H,17,18)(H,19,20). The number of carboxylic acids is 1. The Labute approximate surface area is 134 Å². The molecule has 1 heterocycles. The first-order valence-electron chi connectivity index (χ1n) is 6.03. The topological polar surface area (TPSA) is 66.4 Å². The Morgan fingerprint density at radius 1 is 1.33 bits per heavy atom. The first kappa shape index (κ1) is 15.5. The number of carbonyl (C=O) groups excluding carboxylic acids is 1. The van der Waals surface area contributed by atoms with Crippen molar-refractivity contribution in [2.24, 2.45) is 0 Å². The zero-order valence-corrected chi connectivity index (χ0v) is 13.5. The van der Waals surface area contributed by atoms with Gasteiger partial charge < -0.3 is 10.4 Å². The Bertz CT molecular complexity index is 721. The molecule has 1 amide bonds. The third-order valence-corrected chi connectivity index (χ3v) is 4.40. The summed E-state index contributed by atoms with van der Waals surface area (Å²) in [5, 5.41) is 13.5. The quantitative estimate of drug-likeness (QED) is 0.799. The Hall–Kier alpha value is -1.92. The second-order valence-electron chi connectivity index (χ2n) is 4.29. The predicted octanol–water partition coefficient (Wildman–Crippen LogP) is 4.17. The fourth-order valence-electron chi connectivity index (χ4n) is 1.63. The number of thiophene rings is 1. The fourth-order valence-corrected chi connectivity index (χ4v) is 2.93. The van der Waals surface area contributed by atoms with Crippen molar-refractivity contribution in [3.8, 4) is 0 Å². The van der Waals surface area contributed by atoms with Gasteiger partial charge in [-0.25, -0.2) is 4.79 Å². The molecule has 2 N–H and O–H groups in total. The molecule has 4 nitrogen and oxygen atoms in total. The highest BCUT2D eigenvalue weighted by Gasteiger charge is 2.08. The van der Waals surface area contributed by atoms with Gasteiger partial charge in [-0.15, -0.1) is 11.3 Å². The molecule has 108 valence electrons. The van der Waals surface area contributed by atoms with Gasteiger partial charge in [-0.05, 0) is 64.1 Å². The summed E-state index contributed by atoms with van der Waals surface area (Å²) in [6, 6.07) is 6.43. The number of benzene rings is 1. The van der Waals surface area contributed by atoms with Crippen molar-refractivity contribution >= 4 is 50.9 Å². The number of amides is 1. The average Bonchev–Trinajstić information content (AvgIpc) is 2.84. The van der Waals surface area contributed by atoms with E-state index in [1.54, 1.807) is 23.5 Å². The summed E-state index contributed by atoms with van der Waals surface area (Å²) in [5.74, 6) is -1.28. The van der Waals surface area contributed by atoms with Crippen LogP contribution in [0.1, 0.15) is 20.8 Å². The van der Waals surface area contributed by atoms with Crippen LogP contribution in [0.3, 0.4) is 0 Å². The van der Waals surface area contributed by atoms with Gasteiger partial charge in [0.15, 0.2) is 0 Å². The lowest BCUT2D eigenvalue weighted by molar-refractivity contribution is -0.111. The summed E-state index contributed by atoms with van der Waals surface area (Å²) in [6.07, 6.45) is 3.21. The molecular weight excluding hydrogens is 354 g/mol. The smallest absolute Gasteiger partial charge is 0.335 e. The van der Waals surface area contributed by atoms with Gasteiger partial charge in [-0.1, -0.05) is 0 Å². The molecule has 0 spiro atoms. The summed E-state index contributed by atoms with van der Waals surface area (Å²) < 4.78 is 0.524. The van der Waals surface area contributed by atoms with Crippen LogP contribution in [0.4, 0.5) is 5.69 Å². The first-order valence-corrected chi connectivity index (χ1v) is 7.70. The molecule has 21 heavy (non-hydrogen) atoms. The largest absolute Gasteiger partial charge is 0.478 e. The second kappa shape index (κ2) is 6.69. The maximum atomic E-state index is 11.9. The summed E-state index contributed by atoms with van der Waals surface area (Å²) in [7, 11) is 0. The van der Waals surface area contributed by atoms with Crippen LogP contribution in [0.5, 0.6) is 0 Å². The molecule has 6 heteroatoms. The lowest BCUT2D eigenvalue weighted by Gasteiger charge is -2.06. The molecule has 2 rings (SSSR count). The van der Waals surface area contributed by atoms with Crippen molar-refractivity contribution in [1.82, 2.24) is 0 Å². The Balaban J connectivity index is 2.08. The van der Waals surface area contributed by atoms with Gasteiger partial charge in [0.25, 0.3) is 0 Å². The van der Waals surface area contributed by atoms with E-state index in [1.807, 2.05) is 18.4 Å². The van der Waals surface area contributed by atoms with Crippen LogP contribution in [0, 0.1) is 6.92 Å². The van der Waals surface area contributed by atoms with Gasteiger partial charge in [0.1, 0.15) is 0 Å². The van der Waals surface area contributed by atoms with Crippen molar-refractivity contribution in [3.05, 3.63) is 56.2 Å². The maximum Gasteiger partial charge on any atom is 0.335 e. The van der Waals surface area contributed by atoms with E-state index >= 15 is 0 Å². The summed E-state index contributed by atoms with van der Waals surface area (Å²) >= 11 is 4.81. The minimum atomic E-state index is -1.01. The van der Waals surface area contributed by atoms with Crippen LogP contribution < -0.4 is 5.32 Å². The number of nitrogens with one attached hydrogen (secondary N) is 1. The predicted molar refractivity (Wildman–Crippen MR) is 87.8 cm³/mol. The van der Waals surface area contributed by atoms with Crippen molar-refractivity contribution in [2.75, 3.05) is 5.32 Å². The monoisotopic (exact) mass is 365 g/mol. The minimum absolute atomic E-state index is 0.157. The molecule has 1 aromatic heterocycles. The molecule has 0 aliphatic rings. The van der Waals surface area contributed by atoms with E-state index in [9.17, 15) is 9.59 Å². The SMILES string of the molecule is Cc1ccsc1C=CC(=O)Nc1ccc(C(=O)O)cc1Br. The Kier molecular flexibility index (Phi) is 4.93. The van der Waals surface area contributed by atoms with E-state index in [2.05, 4.69) is 21.2 Å². The minimum Gasteiger partial charge on any atom is -0.478 e. The van der Waals surface area contributed by atoms with Crippen LogP contribution in [0.25, 0.3) is 6.08 Å². The third-order valence-electron chi connectivity index (χ3n) is 2.76. The van der Waals surface area contributed by atoms with E-state index < -0.39 is 5.97 Å². The van der Waals surface area contributed by atoms with Crippen LogP contribution in [-0.2, 0) is 4.79 Å². The van der Waals surface area contributed by atoms with Crippen molar-refractivity contribution < 1.29 is 14.7 Å². The molecule has 0 saturated carbocycles. The third kappa shape index (κ3) is 4.03. The molecule has 0 bridgehead atoms. The molecule has 0 fully saturated rings. The molecular formula is C15H12BrNO3S. The van der Waals surface area contributed by atoms with Crippen molar-refractivity contribution in [1.29, 1.82) is 0 Å². The van der Waals surface area contributed by atoms with E-state index in [0.717, 1.165) is 10.4 Å². The Morgan fingerprint density at radius 3 is 2.67 bits per heavy atom. The molecule has 0 atom stereocenters. The molecule has 0 aliphatic carbocycles. The van der Waals surface area contributed by atoms with Gasteiger partial charge >= 0.3 is 5.97 Å². The first-order chi connectivity index (χ1) is 9.97. The number of rotatable bonds is 4. The van der Waals surface area contributed by atoms with Crippen molar-refractivity contribution in [3.63, 3.8) is 0 Å². The number of hydrogen-bond acceptors (Lipinski definition) is 3.